The molecule has 0 aliphatic rings. The van der Waals surface area contributed by atoms with Crippen molar-refractivity contribution in [2.45, 2.75) is 13.0 Å². The number of imidazole rings is 1. The summed E-state index contributed by atoms with van der Waals surface area (Å²) in [5.74, 6) is 1.04. The molecule has 0 unspecified atom stereocenters. The summed E-state index contributed by atoms with van der Waals surface area (Å²) in [5, 5.41) is 3.30. The Morgan fingerprint density at radius 2 is 2.19 bits per heavy atom. The molecule has 6 nitrogen and oxygen atoms in total. The Hall–Kier alpha value is -2.47. The van der Waals surface area contributed by atoms with Crippen LogP contribution in [0.5, 0.6) is 0 Å². The molecule has 0 saturated heterocycles. The average Bonchev–Trinajstić information content (AvgIpc) is 2.89. The highest BCUT2D eigenvalue weighted by Gasteiger charge is 2.02. The molecule has 0 fully saturated rings. The van der Waals surface area contributed by atoms with Gasteiger partial charge >= 0.3 is 0 Å². The van der Waals surface area contributed by atoms with Crippen molar-refractivity contribution in [3.05, 3.63) is 64.7 Å². The molecule has 0 aliphatic heterocycles. The van der Waals surface area contributed by atoms with Gasteiger partial charge in [0.1, 0.15) is 11.5 Å². The van der Waals surface area contributed by atoms with Gasteiger partial charge in [-0.25, -0.2) is 9.97 Å². The fraction of sp³-hybridized carbons (Fsp3) is 0.267. The van der Waals surface area contributed by atoms with Crippen LogP contribution in [0.25, 0.3) is 5.65 Å². The Kier molecular flexibility index (Phi) is 3.79. The molecular weight excluding hydrogens is 266 g/mol. The summed E-state index contributed by atoms with van der Waals surface area (Å²) in [6.07, 6.45) is 6.29. The van der Waals surface area contributed by atoms with Crippen molar-refractivity contribution in [3.8, 4) is 0 Å². The van der Waals surface area contributed by atoms with E-state index >= 15 is 0 Å². The van der Waals surface area contributed by atoms with Crippen LogP contribution in [0, 0.1) is 0 Å². The first kappa shape index (κ1) is 13.5. The van der Waals surface area contributed by atoms with Gasteiger partial charge in [0.15, 0.2) is 0 Å². The second-order valence-electron chi connectivity index (χ2n) is 4.90. The van der Waals surface area contributed by atoms with Crippen LogP contribution in [0.3, 0.4) is 0 Å². The maximum atomic E-state index is 11.9. The molecule has 0 bridgehead atoms. The number of nitrogens with one attached hydrogen (secondary N) is 1. The van der Waals surface area contributed by atoms with Crippen molar-refractivity contribution in [3.63, 3.8) is 0 Å². The molecule has 21 heavy (non-hydrogen) atoms. The van der Waals surface area contributed by atoms with Gasteiger partial charge in [-0.15, -0.1) is 0 Å². The lowest BCUT2D eigenvalue weighted by molar-refractivity contribution is 0.645. The van der Waals surface area contributed by atoms with E-state index in [9.17, 15) is 4.79 Å². The highest BCUT2D eigenvalue weighted by atomic mass is 16.1. The molecule has 3 heterocycles. The zero-order valence-electron chi connectivity index (χ0n) is 11.9. The lowest BCUT2D eigenvalue weighted by Gasteiger charge is -2.06. The van der Waals surface area contributed by atoms with E-state index < -0.39 is 0 Å². The first-order chi connectivity index (χ1) is 10.2. The van der Waals surface area contributed by atoms with Crippen LogP contribution in [0.2, 0.25) is 0 Å². The molecule has 3 aromatic rings. The van der Waals surface area contributed by atoms with E-state index in [1.54, 1.807) is 18.5 Å². The van der Waals surface area contributed by atoms with Crippen LogP contribution in [-0.4, -0.2) is 25.5 Å². The van der Waals surface area contributed by atoms with E-state index in [1.807, 2.05) is 36.0 Å². The zero-order chi connectivity index (χ0) is 14.7. The first-order valence-corrected chi connectivity index (χ1v) is 6.88. The molecule has 108 valence electrons. The smallest absolute Gasteiger partial charge is 0.258 e. The minimum absolute atomic E-state index is 0.0542. The second kappa shape index (κ2) is 5.88. The van der Waals surface area contributed by atoms with Gasteiger partial charge in [-0.2, -0.15) is 0 Å². The van der Waals surface area contributed by atoms with Crippen LogP contribution >= 0.6 is 0 Å². The third-order valence-electron chi connectivity index (χ3n) is 3.38. The van der Waals surface area contributed by atoms with Gasteiger partial charge in [-0.3, -0.25) is 9.20 Å². The van der Waals surface area contributed by atoms with Crippen LogP contribution < -0.4 is 10.9 Å². The third-order valence-corrected chi connectivity index (χ3v) is 3.38. The highest BCUT2D eigenvalue weighted by Crippen LogP contribution is 1.99. The minimum Gasteiger partial charge on any atom is -0.338 e. The molecule has 6 heteroatoms. The van der Waals surface area contributed by atoms with Crippen molar-refractivity contribution in [1.29, 1.82) is 0 Å². The minimum atomic E-state index is -0.0542. The molecule has 0 aromatic carbocycles. The molecular formula is C15H17N5O. The van der Waals surface area contributed by atoms with Gasteiger partial charge in [0.25, 0.3) is 5.56 Å². The normalized spacial score (nSPS) is 11.1. The number of rotatable bonds is 5. The number of hydrogen-bond donors (Lipinski definition) is 1. The van der Waals surface area contributed by atoms with E-state index in [-0.39, 0.29) is 5.56 Å². The van der Waals surface area contributed by atoms with Crippen molar-refractivity contribution in [2.75, 3.05) is 6.54 Å². The Labute approximate surface area is 122 Å². The Bertz CT molecular complexity index is 805. The molecule has 0 amide bonds. The summed E-state index contributed by atoms with van der Waals surface area (Å²) in [6.45, 7) is 1.37. The summed E-state index contributed by atoms with van der Waals surface area (Å²) >= 11 is 0. The number of nitrogens with zero attached hydrogens (tertiary/aromatic N) is 4. The van der Waals surface area contributed by atoms with Gasteiger partial charge in [0, 0.05) is 51.2 Å². The summed E-state index contributed by atoms with van der Waals surface area (Å²) in [5.41, 5.74) is 1.37. The van der Waals surface area contributed by atoms with Crippen LogP contribution in [0.15, 0.2) is 47.7 Å². The molecule has 0 aliphatic carbocycles. The van der Waals surface area contributed by atoms with Crippen molar-refractivity contribution >= 4 is 5.65 Å². The maximum Gasteiger partial charge on any atom is 0.258 e. The summed E-state index contributed by atoms with van der Waals surface area (Å²) < 4.78 is 3.54. The predicted octanol–water partition coefficient (Wildman–Crippen LogP) is 0.760. The molecule has 1 N–H and O–H groups in total. The maximum absolute atomic E-state index is 11.9. The average molecular weight is 283 g/mol. The zero-order valence-corrected chi connectivity index (χ0v) is 11.9. The number of fused-ring (bicyclic) bond motifs is 1. The third kappa shape index (κ3) is 3.00. The monoisotopic (exact) mass is 283 g/mol. The summed E-state index contributed by atoms with van der Waals surface area (Å²) in [7, 11) is 1.98. The standard InChI is InChI=1S/C15H17N5O/c1-19-9-7-17-13(19)5-6-16-11-12-10-15(21)20-8-3-2-4-14(20)18-12/h2-4,7-10,16H,5-6,11H2,1H3. The van der Waals surface area contributed by atoms with Gasteiger partial charge < -0.3 is 9.88 Å². The van der Waals surface area contributed by atoms with Crippen LogP contribution in [0.1, 0.15) is 11.5 Å². The molecule has 0 spiro atoms. The van der Waals surface area contributed by atoms with E-state index in [4.69, 9.17) is 0 Å². The van der Waals surface area contributed by atoms with Crippen LogP contribution in [0.4, 0.5) is 0 Å². The van der Waals surface area contributed by atoms with Crippen molar-refractivity contribution in [1.82, 2.24) is 24.3 Å². The SMILES string of the molecule is Cn1ccnc1CCNCc1cc(=O)n2ccccc2n1. The largest absolute Gasteiger partial charge is 0.338 e. The lowest BCUT2D eigenvalue weighted by Crippen LogP contribution is -2.22. The van der Waals surface area contributed by atoms with E-state index in [0.717, 1.165) is 24.5 Å². The first-order valence-electron chi connectivity index (χ1n) is 6.88. The molecule has 0 saturated carbocycles. The number of pyridine rings is 1. The Morgan fingerprint density at radius 3 is 3.00 bits per heavy atom. The van der Waals surface area contributed by atoms with Crippen molar-refractivity contribution < 1.29 is 0 Å². The van der Waals surface area contributed by atoms with Gasteiger partial charge in [-0.05, 0) is 12.1 Å². The summed E-state index contributed by atoms with van der Waals surface area (Å²) in [4.78, 5) is 20.7. The molecule has 3 aromatic heterocycles. The van der Waals surface area contributed by atoms with E-state index in [0.29, 0.717) is 12.2 Å². The van der Waals surface area contributed by atoms with Crippen molar-refractivity contribution in [2.24, 2.45) is 7.05 Å². The highest BCUT2D eigenvalue weighted by molar-refractivity contribution is 5.37. The summed E-state index contributed by atoms with van der Waals surface area (Å²) in [6, 6.07) is 7.10. The van der Waals surface area contributed by atoms with Gasteiger partial charge in [0.05, 0.1) is 5.69 Å². The molecule has 0 radical (unpaired) electrons. The van der Waals surface area contributed by atoms with E-state index in [1.165, 1.54) is 4.40 Å². The number of hydrogen-bond acceptors (Lipinski definition) is 4. The molecule has 0 atom stereocenters. The number of aryl methyl sites for hydroxylation is 1. The quantitative estimate of drug-likeness (QED) is 0.702. The van der Waals surface area contributed by atoms with Gasteiger partial charge in [-0.1, -0.05) is 6.07 Å². The topological polar surface area (TPSA) is 64.2 Å². The predicted molar refractivity (Wildman–Crippen MR) is 80.1 cm³/mol. The van der Waals surface area contributed by atoms with Gasteiger partial charge in [0.2, 0.25) is 0 Å². The van der Waals surface area contributed by atoms with Crippen LogP contribution in [-0.2, 0) is 20.0 Å². The second-order valence-corrected chi connectivity index (χ2v) is 4.90. The fourth-order valence-corrected chi connectivity index (χ4v) is 2.25. The van der Waals surface area contributed by atoms with E-state index in [2.05, 4.69) is 15.3 Å². The molecule has 3 rings (SSSR count). The Balaban J connectivity index is 1.63. The lowest BCUT2D eigenvalue weighted by atomic mass is 10.3. The Morgan fingerprint density at radius 1 is 1.29 bits per heavy atom. The fourth-order valence-electron chi connectivity index (χ4n) is 2.25. The number of aromatic nitrogens is 4.